The monoisotopic (exact) mass is 356 g/mol. The van der Waals surface area contributed by atoms with E-state index in [0.717, 1.165) is 17.7 Å². The van der Waals surface area contributed by atoms with Gasteiger partial charge in [-0.3, -0.25) is 9.59 Å². The van der Waals surface area contributed by atoms with E-state index in [1.165, 1.54) is 12.8 Å². The normalized spacial score (nSPS) is 30.4. The Morgan fingerprint density at radius 3 is 2.65 bits per heavy atom. The van der Waals surface area contributed by atoms with Gasteiger partial charge in [-0.2, -0.15) is 0 Å². The summed E-state index contributed by atoms with van der Waals surface area (Å²) in [5, 5.41) is 3.12. The van der Waals surface area contributed by atoms with Crippen molar-refractivity contribution in [3.63, 3.8) is 0 Å². The number of rotatable bonds is 6. The van der Waals surface area contributed by atoms with Gasteiger partial charge in [-0.25, -0.2) is 0 Å². The van der Waals surface area contributed by atoms with Crippen LogP contribution in [0.4, 0.5) is 0 Å². The molecule has 5 heteroatoms. The largest absolute Gasteiger partial charge is 0.497 e. The molecule has 4 atom stereocenters. The Hall–Kier alpha value is -2.04. The van der Waals surface area contributed by atoms with Gasteiger partial charge in [0.15, 0.2) is 0 Å². The van der Waals surface area contributed by atoms with Crippen LogP contribution in [0.2, 0.25) is 0 Å². The molecule has 0 unspecified atom stereocenters. The Morgan fingerprint density at radius 1 is 1.27 bits per heavy atom. The summed E-state index contributed by atoms with van der Waals surface area (Å²) in [4.78, 5) is 26.9. The SMILES string of the molecule is COc1ccc(CC(=O)NC[C@H]2[C@@H]3CC(=O)N(C4CC4)[C@@H]3C[C@@H]2C)cc1. The number of nitrogens with one attached hydrogen (secondary N) is 1. The van der Waals surface area contributed by atoms with Crippen LogP contribution in [0.15, 0.2) is 24.3 Å². The van der Waals surface area contributed by atoms with Gasteiger partial charge < -0.3 is 15.0 Å². The van der Waals surface area contributed by atoms with Gasteiger partial charge in [0.2, 0.25) is 11.8 Å². The predicted molar refractivity (Wildman–Crippen MR) is 98.7 cm³/mol. The lowest BCUT2D eigenvalue weighted by atomic mass is 9.88. The number of amides is 2. The highest BCUT2D eigenvalue weighted by Crippen LogP contribution is 2.49. The Morgan fingerprint density at radius 2 is 2.00 bits per heavy atom. The second kappa shape index (κ2) is 6.93. The summed E-state index contributed by atoms with van der Waals surface area (Å²) in [7, 11) is 1.63. The first kappa shape index (κ1) is 17.4. The molecule has 5 nitrogen and oxygen atoms in total. The summed E-state index contributed by atoms with van der Waals surface area (Å²) >= 11 is 0. The zero-order chi connectivity index (χ0) is 18.3. The van der Waals surface area contributed by atoms with E-state index in [2.05, 4.69) is 17.1 Å². The second-order valence-electron chi connectivity index (χ2n) is 8.17. The van der Waals surface area contributed by atoms with Crippen LogP contribution < -0.4 is 10.1 Å². The molecular formula is C21H28N2O3. The van der Waals surface area contributed by atoms with Crippen molar-refractivity contribution in [1.29, 1.82) is 0 Å². The van der Waals surface area contributed by atoms with Crippen LogP contribution in [0.5, 0.6) is 5.75 Å². The van der Waals surface area contributed by atoms with Gasteiger partial charge in [-0.05, 0) is 54.7 Å². The molecule has 1 heterocycles. The zero-order valence-corrected chi connectivity index (χ0v) is 15.6. The van der Waals surface area contributed by atoms with Crippen molar-refractivity contribution < 1.29 is 14.3 Å². The van der Waals surface area contributed by atoms with E-state index in [1.807, 2.05) is 24.3 Å². The van der Waals surface area contributed by atoms with E-state index in [0.29, 0.717) is 55.1 Å². The molecule has 26 heavy (non-hydrogen) atoms. The second-order valence-corrected chi connectivity index (χ2v) is 8.17. The smallest absolute Gasteiger partial charge is 0.224 e. The van der Waals surface area contributed by atoms with E-state index in [1.54, 1.807) is 7.11 Å². The summed E-state index contributed by atoms with van der Waals surface area (Å²) in [6.45, 7) is 2.96. The van der Waals surface area contributed by atoms with Gasteiger partial charge in [0.25, 0.3) is 0 Å². The van der Waals surface area contributed by atoms with Crippen molar-refractivity contribution in [2.24, 2.45) is 17.8 Å². The molecule has 3 aliphatic rings. The number of methoxy groups -OCH3 is 1. The van der Waals surface area contributed by atoms with Crippen molar-refractivity contribution in [1.82, 2.24) is 10.2 Å². The number of fused-ring (bicyclic) bond motifs is 1. The highest BCUT2D eigenvalue weighted by molar-refractivity contribution is 5.80. The van der Waals surface area contributed by atoms with Crippen LogP contribution in [-0.4, -0.2) is 42.5 Å². The average Bonchev–Trinajstić information content (AvgIpc) is 3.34. The maximum absolute atomic E-state index is 12.4. The molecule has 1 N–H and O–H groups in total. The molecule has 140 valence electrons. The summed E-state index contributed by atoms with van der Waals surface area (Å²) in [5.74, 6) is 2.57. The summed E-state index contributed by atoms with van der Waals surface area (Å²) < 4.78 is 5.15. The number of hydrogen-bond acceptors (Lipinski definition) is 3. The van der Waals surface area contributed by atoms with Crippen molar-refractivity contribution in [2.75, 3.05) is 13.7 Å². The fourth-order valence-corrected chi connectivity index (χ4v) is 4.94. The third-order valence-electron chi connectivity index (χ3n) is 6.44. The highest BCUT2D eigenvalue weighted by atomic mass is 16.5. The number of nitrogens with zero attached hydrogens (tertiary/aromatic N) is 1. The van der Waals surface area contributed by atoms with Gasteiger partial charge in [-0.15, -0.1) is 0 Å². The number of likely N-dealkylation sites (tertiary alicyclic amines) is 1. The van der Waals surface area contributed by atoms with E-state index in [4.69, 9.17) is 4.74 Å². The van der Waals surface area contributed by atoms with E-state index in [9.17, 15) is 9.59 Å². The van der Waals surface area contributed by atoms with E-state index in [-0.39, 0.29) is 5.91 Å². The molecule has 0 radical (unpaired) electrons. The van der Waals surface area contributed by atoms with Gasteiger partial charge in [0, 0.05) is 25.0 Å². The summed E-state index contributed by atoms with van der Waals surface area (Å²) in [5.41, 5.74) is 0.983. The Kier molecular flexibility index (Phi) is 4.63. The number of carbonyl (C=O) groups is 2. The fourth-order valence-electron chi connectivity index (χ4n) is 4.94. The Balaban J connectivity index is 1.32. The molecule has 1 aliphatic heterocycles. The van der Waals surface area contributed by atoms with Crippen molar-refractivity contribution in [3.8, 4) is 5.75 Å². The van der Waals surface area contributed by atoms with Crippen LogP contribution in [0, 0.1) is 17.8 Å². The van der Waals surface area contributed by atoms with Gasteiger partial charge in [0.1, 0.15) is 5.75 Å². The Labute approximate surface area is 155 Å². The lowest BCUT2D eigenvalue weighted by Gasteiger charge is -2.24. The quantitative estimate of drug-likeness (QED) is 0.851. The predicted octanol–water partition coefficient (Wildman–Crippen LogP) is 2.39. The molecule has 3 fully saturated rings. The average molecular weight is 356 g/mol. The molecule has 2 saturated carbocycles. The number of hydrogen-bond donors (Lipinski definition) is 1. The maximum atomic E-state index is 12.4. The van der Waals surface area contributed by atoms with Crippen LogP contribution in [0.1, 0.15) is 38.2 Å². The standard InChI is InChI=1S/C21H28N2O3/c1-13-9-19-17(11-21(25)23(19)15-5-6-15)18(13)12-22-20(24)10-14-3-7-16(26-2)8-4-14/h3-4,7-8,13,15,17-19H,5-6,9-12H2,1-2H3,(H,22,24)/t13-,17-,18+,19+/m0/s1. The number of benzene rings is 1. The third-order valence-corrected chi connectivity index (χ3v) is 6.44. The van der Waals surface area contributed by atoms with Crippen LogP contribution in [0.25, 0.3) is 0 Å². The molecule has 1 aromatic carbocycles. The molecule has 2 aliphatic carbocycles. The van der Waals surface area contributed by atoms with E-state index >= 15 is 0 Å². The van der Waals surface area contributed by atoms with Gasteiger partial charge in [0.05, 0.1) is 13.5 Å². The number of carbonyl (C=O) groups excluding carboxylic acids is 2. The maximum Gasteiger partial charge on any atom is 0.224 e. The van der Waals surface area contributed by atoms with Crippen molar-refractivity contribution in [2.45, 2.75) is 51.1 Å². The first-order valence-electron chi connectivity index (χ1n) is 9.77. The van der Waals surface area contributed by atoms with Crippen molar-refractivity contribution >= 4 is 11.8 Å². The third kappa shape index (κ3) is 3.31. The minimum absolute atomic E-state index is 0.0502. The minimum Gasteiger partial charge on any atom is -0.497 e. The van der Waals surface area contributed by atoms with Gasteiger partial charge in [-0.1, -0.05) is 19.1 Å². The molecule has 0 aromatic heterocycles. The molecule has 2 amide bonds. The first-order valence-corrected chi connectivity index (χ1v) is 9.77. The summed E-state index contributed by atoms with van der Waals surface area (Å²) in [6.07, 6.45) is 4.49. The first-order chi connectivity index (χ1) is 12.6. The molecule has 4 rings (SSSR count). The van der Waals surface area contributed by atoms with Crippen molar-refractivity contribution in [3.05, 3.63) is 29.8 Å². The molecule has 1 aromatic rings. The lowest BCUT2D eigenvalue weighted by Crippen LogP contribution is -2.36. The topological polar surface area (TPSA) is 58.6 Å². The highest BCUT2D eigenvalue weighted by Gasteiger charge is 2.53. The fraction of sp³-hybridized carbons (Fsp3) is 0.619. The van der Waals surface area contributed by atoms with Gasteiger partial charge >= 0.3 is 0 Å². The van der Waals surface area contributed by atoms with Crippen LogP contribution >= 0.6 is 0 Å². The zero-order valence-electron chi connectivity index (χ0n) is 15.6. The van der Waals surface area contributed by atoms with Crippen LogP contribution in [0.3, 0.4) is 0 Å². The lowest BCUT2D eigenvalue weighted by molar-refractivity contribution is -0.129. The summed E-state index contributed by atoms with van der Waals surface area (Å²) in [6, 6.07) is 8.53. The Bertz CT molecular complexity index is 683. The molecular weight excluding hydrogens is 328 g/mol. The molecule has 0 bridgehead atoms. The van der Waals surface area contributed by atoms with Crippen LogP contribution in [-0.2, 0) is 16.0 Å². The number of ether oxygens (including phenoxy) is 1. The molecule has 0 spiro atoms. The minimum atomic E-state index is 0.0502. The molecule has 1 saturated heterocycles. The van der Waals surface area contributed by atoms with E-state index < -0.39 is 0 Å².